The van der Waals surface area contributed by atoms with E-state index in [0.29, 0.717) is 11.7 Å². The molecule has 0 radical (unpaired) electrons. The van der Waals surface area contributed by atoms with Crippen molar-refractivity contribution in [3.8, 4) is 0 Å². The fraction of sp³-hybridized carbons (Fsp3) is 0.778. The Balaban J connectivity index is 2.48. The van der Waals surface area contributed by atoms with Gasteiger partial charge in [0.05, 0.1) is 12.0 Å². The average molecular weight is 217 g/mol. The third-order valence-electron chi connectivity index (χ3n) is 2.76. The van der Waals surface area contributed by atoms with Gasteiger partial charge in [-0.2, -0.15) is 0 Å². The lowest BCUT2D eigenvalue weighted by Gasteiger charge is -2.33. The summed E-state index contributed by atoms with van der Waals surface area (Å²) in [6.07, 6.45) is 6.86. The maximum atomic E-state index is 11.2. The van der Waals surface area contributed by atoms with Crippen LogP contribution >= 0.6 is 0 Å². The lowest BCUT2D eigenvalue weighted by Crippen LogP contribution is -2.42. The summed E-state index contributed by atoms with van der Waals surface area (Å²) >= 11 is -0.930. The number of nitrogens with two attached hydrogens (primary N) is 2. The first-order valence-corrected chi connectivity index (χ1v) is 6.47. The van der Waals surface area contributed by atoms with Crippen molar-refractivity contribution in [1.29, 1.82) is 0 Å². The van der Waals surface area contributed by atoms with Gasteiger partial charge < -0.3 is 15.3 Å². The lowest BCUT2D eigenvalue weighted by molar-refractivity contribution is 0.185. The van der Waals surface area contributed by atoms with Gasteiger partial charge in [-0.1, -0.05) is 0 Å². The van der Waals surface area contributed by atoms with E-state index in [-0.39, 0.29) is 5.25 Å². The minimum Gasteiger partial charge on any atom is -0.616 e. The smallest absolute Gasteiger partial charge is 0.153 e. The Bertz CT molecular complexity index is 216. The van der Waals surface area contributed by atoms with Crippen molar-refractivity contribution in [3.05, 3.63) is 11.9 Å². The van der Waals surface area contributed by atoms with Gasteiger partial charge in [-0.05, 0) is 37.4 Å². The fourth-order valence-electron chi connectivity index (χ4n) is 1.26. The van der Waals surface area contributed by atoms with E-state index in [1.807, 2.05) is 6.92 Å². The molecule has 0 saturated heterocycles. The number of hydrogen-bond acceptors (Lipinski definition) is 4. The number of rotatable bonds is 4. The van der Waals surface area contributed by atoms with Crippen LogP contribution in [0.4, 0.5) is 0 Å². The summed E-state index contributed by atoms with van der Waals surface area (Å²) in [5.74, 6) is 5.80. The maximum Gasteiger partial charge on any atom is 0.153 e. The molecule has 4 N–H and O–H groups in total. The second kappa shape index (κ2) is 4.91. The summed E-state index contributed by atoms with van der Waals surface area (Å²) < 4.78 is 11.2. The minimum absolute atomic E-state index is 0.124. The topological polar surface area (TPSA) is 78.3 Å². The molecular weight excluding hydrogens is 198 g/mol. The van der Waals surface area contributed by atoms with Crippen LogP contribution in [0.5, 0.6) is 0 Å². The predicted octanol–water partition coefficient (Wildman–Crippen LogP) is 0.282. The molecule has 0 aliphatic heterocycles. The summed E-state index contributed by atoms with van der Waals surface area (Å²) in [5, 5.41) is 1.53. The van der Waals surface area contributed by atoms with E-state index in [2.05, 4.69) is 0 Å². The van der Waals surface area contributed by atoms with Gasteiger partial charge in [0.15, 0.2) is 5.25 Å². The molecule has 2 unspecified atom stereocenters. The first kappa shape index (κ1) is 11.7. The number of nitrogens with zero attached hydrogens (tertiary/aromatic N) is 1. The Morgan fingerprint density at radius 2 is 2.21 bits per heavy atom. The van der Waals surface area contributed by atoms with Crippen molar-refractivity contribution < 1.29 is 4.55 Å². The quantitative estimate of drug-likeness (QED) is 0.403. The highest BCUT2D eigenvalue weighted by Crippen LogP contribution is 2.23. The third-order valence-corrected chi connectivity index (χ3v) is 4.03. The van der Waals surface area contributed by atoms with E-state index in [0.717, 1.165) is 12.8 Å². The van der Waals surface area contributed by atoms with Crippen molar-refractivity contribution in [2.24, 2.45) is 11.6 Å². The van der Waals surface area contributed by atoms with Gasteiger partial charge in [-0.25, -0.2) is 5.84 Å². The first-order chi connectivity index (χ1) is 6.52. The molecule has 2 atom stereocenters. The molecule has 0 heterocycles. The van der Waals surface area contributed by atoms with E-state index in [1.165, 1.54) is 6.42 Å². The molecule has 82 valence electrons. The van der Waals surface area contributed by atoms with Crippen LogP contribution in [-0.4, -0.2) is 27.1 Å². The zero-order valence-corrected chi connectivity index (χ0v) is 9.59. The molecule has 0 aromatic heterocycles. The largest absolute Gasteiger partial charge is 0.616 e. The molecule has 0 spiro atoms. The molecule has 1 rings (SSSR count). The Labute approximate surface area is 88.5 Å². The van der Waals surface area contributed by atoms with Crippen LogP contribution in [0.2, 0.25) is 0 Å². The lowest BCUT2D eigenvalue weighted by atomic mass is 9.93. The van der Waals surface area contributed by atoms with Crippen LogP contribution in [-0.2, 0) is 11.2 Å². The molecule has 0 aromatic carbocycles. The van der Waals surface area contributed by atoms with Gasteiger partial charge in [-0.3, -0.25) is 0 Å². The van der Waals surface area contributed by atoms with Crippen LogP contribution < -0.4 is 11.6 Å². The molecule has 0 bridgehead atoms. The van der Waals surface area contributed by atoms with Crippen molar-refractivity contribution >= 4 is 11.2 Å². The highest BCUT2D eigenvalue weighted by molar-refractivity contribution is 7.91. The summed E-state index contributed by atoms with van der Waals surface area (Å²) in [6.45, 7) is 1.84. The van der Waals surface area contributed by atoms with Gasteiger partial charge in [0.25, 0.3) is 0 Å². The molecular formula is C9H19N3OS. The van der Waals surface area contributed by atoms with E-state index in [1.54, 1.807) is 17.5 Å². The second-order valence-electron chi connectivity index (χ2n) is 3.80. The molecule has 5 heteroatoms. The summed E-state index contributed by atoms with van der Waals surface area (Å²) in [7, 11) is 0. The van der Waals surface area contributed by atoms with E-state index >= 15 is 0 Å². The van der Waals surface area contributed by atoms with Gasteiger partial charge in [0.1, 0.15) is 0 Å². The Morgan fingerprint density at radius 1 is 1.64 bits per heavy atom. The van der Waals surface area contributed by atoms with Gasteiger partial charge in [0, 0.05) is 12.2 Å². The van der Waals surface area contributed by atoms with Crippen LogP contribution in [0.25, 0.3) is 0 Å². The summed E-state index contributed by atoms with van der Waals surface area (Å²) in [4.78, 5) is 0. The highest BCUT2D eigenvalue weighted by Gasteiger charge is 2.22. The maximum absolute atomic E-state index is 11.2. The number of hydrogen-bond donors (Lipinski definition) is 2. The highest BCUT2D eigenvalue weighted by atomic mass is 32.2. The molecule has 4 nitrogen and oxygen atoms in total. The predicted molar refractivity (Wildman–Crippen MR) is 59.5 cm³/mol. The average Bonchev–Trinajstić information content (AvgIpc) is 1.98. The monoisotopic (exact) mass is 217 g/mol. The van der Waals surface area contributed by atoms with Gasteiger partial charge in [-0.15, -0.1) is 0 Å². The number of hydrazine groups is 1. The van der Waals surface area contributed by atoms with Crippen molar-refractivity contribution in [3.63, 3.8) is 0 Å². The van der Waals surface area contributed by atoms with E-state index in [4.69, 9.17) is 11.6 Å². The Kier molecular flexibility index (Phi) is 4.10. The van der Waals surface area contributed by atoms with Crippen LogP contribution in [0.15, 0.2) is 11.9 Å². The molecule has 0 amide bonds. The molecule has 1 aliphatic carbocycles. The zero-order chi connectivity index (χ0) is 10.7. The Morgan fingerprint density at radius 3 is 2.57 bits per heavy atom. The van der Waals surface area contributed by atoms with Gasteiger partial charge >= 0.3 is 0 Å². The normalized spacial score (nSPS) is 22.7. The van der Waals surface area contributed by atoms with Crippen LogP contribution in [0.3, 0.4) is 0 Å². The van der Waals surface area contributed by atoms with Crippen molar-refractivity contribution in [2.75, 3.05) is 6.26 Å². The summed E-state index contributed by atoms with van der Waals surface area (Å²) in [5.41, 5.74) is 6.38. The molecule has 0 aromatic rings. The molecule has 14 heavy (non-hydrogen) atoms. The molecule has 1 aliphatic rings. The first-order valence-electron chi connectivity index (χ1n) is 4.85. The zero-order valence-electron chi connectivity index (χ0n) is 8.77. The Hall–Kier alpha value is -0.390. The van der Waals surface area contributed by atoms with Crippen molar-refractivity contribution in [2.45, 2.75) is 37.5 Å². The minimum atomic E-state index is -0.930. The van der Waals surface area contributed by atoms with Gasteiger partial charge in [0.2, 0.25) is 0 Å². The standard InChI is InChI=1S/C9H19N3OS/c1-7(14(2)13)9(10)6-12(11)8-4-3-5-8/h6-8H,3-5,10-11H2,1-2H3/b9-6-. The molecule has 1 fully saturated rings. The third kappa shape index (κ3) is 2.80. The van der Waals surface area contributed by atoms with E-state index < -0.39 is 11.2 Å². The van der Waals surface area contributed by atoms with Crippen molar-refractivity contribution in [1.82, 2.24) is 5.01 Å². The SMILES string of the molecule is CC(/C(N)=C/N(N)C1CCC1)[S+](C)[O-]. The summed E-state index contributed by atoms with van der Waals surface area (Å²) in [6, 6.07) is 0.422. The van der Waals surface area contributed by atoms with Crippen LogP contribution in [0.1, 0.15) is 26.2 Å². The second-order valence-corrected chi connectivity index (χ2v) is 5.51. The van der Waals surface area contributed by atoms with E-state index in [9.17, 15) is 4.55 Å². The molecule has 1 saturated carbocycles. The fourth-order valence-corrected chi connectivity index (χ4v) is 1.70. The van der Waals surface area contributed by atoms with Crippen LogP contribution in [0, 0.1) is 0 Å².